The van der Waals surface area contributed by atoms with E-state index < -0.39 is 0 Å². The minimum atomic E-state index is 0.653. The van der Waals surface area contributed by atoms with Gasteiger partial charge in [-0.1, -0.05) is 27.7 Å². The highest BCUT2D eigenvalue weighted by Gasteiger charge is 2.38. The lowest BCUT2D eigenvalue weighted by Gasteiger charge is -2.42. The molecule has 2 fully saturated rings. The van der Waals surface area contributed by atoms with E-state index in [9.17, 15) is 0 Å². The molecule has 0 bridgehead atoms. The minimum absolute atomic E-state index is 0.653. The summed E-state index contributed by atoms with van der Waals surface area (Å²) < 4.78 is 5.83. The van der Waals surface area contributed by atoms with Crippen LogP contribution in [-0.2, 0) is 4.74 Å². The van der Waals surface area contributed by atoms with E-state index in [0.717, 1.165) is 43.6 Å². The Kier molecular flexibility index (Phi) is 6.31. The van der Waals surface area contributed by atoms with Gasteiger partial charge in [0.15, 0.2) is 0 Å². The first-order valence-electron chi connectivity index (χ1n) is 8.63. The Labute approximate surface area is 125 Å². The quantitative estimate of drug-likeness (QED) is 0.693. The monoisotopic (exact) mass is 282 g/mol. The van der Waals surface area contributed by atoms with Crippen LogP contribution in [0.25, 0.3) is 0 Å². The Bertz CT molecular complexity index is 276. The van der Waals surface area contributed by atoms with Crippen LogP contribution in [0.15, 0.2) is 0 Å². The average molecular weight is 282 g/mol. The lowest BCUT2D eigenvalue weighted by molar-refractivity contribution is 0.0488. The van der Waals surface area contributed by atoms with E-state index in [2.05, 4.69) is 37.9 Å². The first-order valence-corrected chi connectivity index (χ1v) is 8.63. The third-order valence-electron chi connectivity index (χ3n) is 4.82. The molecule has 1 heterocycles. The number of rotatable bonds is 8. The summed E-state index contributed by atoms with van der Waals surface area (Å²) in [7, 11) is 0. The van der Waals surface area contributed by atoms with E-state index in [1.165, 1.54) is 32.4 Å². The van der Waals surface area contributed by atoms with E-state index in [-0.39, 0.29) is 0 Å². The first kappa shape index (κ1) is 16.3. The molecule has 0 amide bonds. The molecule has 20 heavy (non-hydrogen) atoms. The van der Waals surface area contributed by atoms with Gasteiger partial charge in [0, 0.05) is 38.3 Å². The third-order valence-corrected chi connectivity index (χ3v) is 4.82. The van der Waals surface area contributed by atoms with Gasteiger partial charge in [-0.15, -0.1) is 0 Å². The molecule has 2 unspecified atom stereocenters. The number of piperazine rings is 1. The van der Waals surface area contributed by atoms with Crippen molar-refractivity contribution in [3.8, 4) is 0 Å². The van der Waals surface area contributed by atoms with Gasteiger partial charge in [0.1, 0.15) is 0 Å². The molecule has 0 aromatic heterocycles. The summed E-state index contributed by atoms with van der Waals surface area (Å²) in [6.07, 6.45) is 4.05. The molecule has 2 aliphatic rings. The molecule has 1 saturated carbocycles. The summed E-state index contributed by atoms with van der Waals surface area (Å²) in [4.78, 5) is 2.70. The Balaban J connectivity index is 1.72. The van der Waals surface area contributed by atoms with Crippen molar-refractivity contribution in [3.05, 3.63) is 0 Å². The molecule has 0 spiro atoms. The predicted octanol–water partition coefficient (Wildman–Crippen LogP) is 2.76. The van der Waals surface area contributed by atoms with Gasteiger partial charge in [-0.3, -0.25) is 4.90 Å². The molecule has 0 aromatic carbocycles. The summed E-state index contributed by atoms with van der Waals surface area (Å²) in [6.45, 7) is 14.5. The van der Waals surface area contributed by atoms with Crippen molar-refractivity contribution in [2.45, 2.75) is 59.0 Å². The highest BCUT2D eigenvalue weighted by atomic mass is 16.5. The van der Waals surface area contributed by atoms with Crippen LogP contribution in [-0.4, -0.2) is 49.8 Å². The molecule has 1 saturated heterocycles. The zero-order valence-corrected chi connectivity index (χ0v) is 13.9. The van der Waals surface area contributed by atoms with E-state index >= 15 is 0 Å². The molecule has 118 valence electrons. The summed E-state index contributed by atoms with van der Waals surface area (Å²) in [6, 6.07) is 1.42. The fourth-order valence-corrected chi connectivity index (χ4v) is 3.11. The molecule has 2 atom stereocenters. The van der Waals surface area contributed by atoms with Crippen LogP contribution in [0.3, 0.4) is 0 Å². The van der Waals surface area contributed by atoms with Crippen molar-refractivity contribution in [1.29, 1.82) is 0 Å². The molecule has 1 aliphatic heterocycles. The highest BCUT2D eigenvalue weighted by Crippen LogP contribution is 2.36. The molecular formula is C17H34N2O. The van der Waals surface area contributed by atoms with E-state index in [1.807, 2.05) is 0 Å². The van der Waals surface area contributed by atoms with Crippen LogP contribution < -0.4 is 5.32 Å². The molecule has 3 nitrogen and oxygen atoms in total. The Morgan fingerprint density at radius 2 is 1.90 bits per heavy atom. The van der Waals surface area contributed by atoms with Gasteiger partial charge >= 0.3 is 0 Å². The number of nitrogens with zero attached hydrogens (tertiary/aromatic N) is 1. The summed E-state index contributed by atoms with van der Waals surface area (Å²) in [5.41, 5.74) is 0. The summed E-state index contributed by atoms with van der Waals surface area (Å²) in [5, 5.41) is 3.75. The Morgan fingerprint density at radius 1 is 1.15 bits per heavy atom. The number of hydrogen-bond acceptors (Lipinski definition) is 3. The topological polar surface area (TPSA) is 24.5 Å². The van der Waals surface area contributed by atoms with Gasteiger partial charge in [0.2, 0.25) is 0 Å². The van der Waals surface area contributed by atoms with E-state index in [0.29, 0.717) is 6.04 Å². The molecule has 1 aliphatic carbocycles. The smallest absolute Gasteiger partial charge is 0.0593 e. The van der Waals surface area contributed by atoms with Crippen molar-refractivity contribution in [1.82, 2.24) is 10.2 Å². The van der Waals surface area contributed by atoms with Gasteiger partial charge < -0.3 is 10.1 Å². The minimum Gasteiger partial charge on any atom is -0.380 e. The second kappa shape index (κ2) is 7.77. The molecule has 0 aromatic rings. The van der Waals surface area contributed by atoms with Crippen LogP contribution in [0.2, 0.25) is 0 Å². The van der Waals surface area contributed by atoms with Gasteiger partial charge in [-0.25, -0.2) is 0 Å². The number of hydrogen-bond donors (Lipinski definition) is 1. The third kappa shape index (κ3) is 5.01. The normalized spacial score (nSPS) is 28.5. The molecule has 3 heteroatoms. The largest absolute Gasteiger partial charge is 0.380 e. The fraction of sp³-hybridized carbons (Fsp3) is 1.00. The average Bonchev–Trinajstić information content (AvgIpc) is 3.22. The van der Waals surface area contributed by atoms with Crippen molar-refractivity contribution in [2.75, 3.05) is 32.8 Å². The van der Waals surface area contributed by atoms with Crippen LogP contribution in [0, 0.1) is 17.8 Å². The maximum Gasteiger partial charge on any atom is 0.0593 e. The zero-order chi connectivity index (χ0) is 14.5. The van der Waals surface area contributed by atoms with E-state index in [4.69, 9.17) is 4.74 Å². The predicted molar refractivity (Wildman–Crippen MR) is 85.0 cm³/mol. The second-order valence-corrected chi connectivity index (χ2v) is 7.45. The van der Waals surface area contributed by atoms with Crippen molar-refractivity contribution in [2.24, 2.45) is 17.8 Å². The van der Waals surface area contributed by atoms with Crippen molar-refractivity contribution >= 4 is 0 Å². The van der Waals surface area contributed by atoms with Gasteiger partial charge in [0.25, 0.3) is 0 Å². The van der Waals surface area contributed by atoms with Crippen LogP contribution in [0.4, 0.5) is 0 Å². The summed E-state index contributed by atoms with van der Waals surface area (Å²) in [5.74, 6) is 2.42. The first-order chi connectivity index (χ1) is 9.58. The van der Waals surface area contributed by atoms with Gasteiger partial charge in [0.05, 0.1) is 6.61 Å². The second-order valence-electron chi connectivity index (χ2n) is 7.45. The Morgan fingerprint density at radius 3 is 2.50 bits per heavy atom. The zero-order valence-electron chi connectivity index (χ0n) is 13.9. The van der Waals surface area contributed by atoms with Crippen LogP contribution in [0.1, 0.15) is 47.0 Å². The lowest BCUT2D eigenvalue weighted by Crippen LogP contribution is -2.59. The summed E-state index contributed by atoms with van der Waals surface area (Å²) >= 11 is 0. The highest BCUT2D eigenvalue weighted by molar-refractivity contribution is 4.95. The molecule has 2 rings (SSSR count). The maximum atomic E-state index is 5.83. The Hall–Kier alpha value is -0.120. The molecule has 0 radical (unpaired) electrons. The molecular weight excluding hydrogens is 248 g/mol. The fourth-order valence-electron chi connectivity index (χ4n) is 3.11. The number of nitrogens with one attached hydrogen (secondary N) is 1. The standard InChI is InChI=1S/C17H34N2O/c1-13(2)7-9-20-10-8-19-12-16(14(3)4)18-11-17(19)15-5-6-15/h13-18H,5-12H2,1-4H3. The maximum absolute atomic E-state index is 5.83. The van der Waals surface area contributed by atoms with E-state index in [1.54, 1.807) is 0 Å². The van der Waals surface area contributed by atoms with Crippen LogP contribution >= 0.6 is 0 Å². The van der Waals surface area contributed by atoms with Crippen LogP contribution in [0.5, 0.6) is 0 Å². The van der Waals surface area contributed by atoms with Gasteiger partial charge in [-0.2, -0.15) is 0 Å². The van der Waals surface area contributed by atoms with Crippen molar-refractivity contribution < 1.29 is 4.74 Å². The number of ether oxygens (including phenoxy) is 1. The molecule has 1 N–H and O–H groups in total. The van der Waals surface area contributed by atoms with Gasteiger partial charge in [-0.05, 0) is 37.0 Å². The van der Waals surface area contributed by atoms with Crippen molar-refractivity contribution in [3.63, 3.8) is 0 Å². The lowest BCUT2D eigenvalue weighted by atomic mass is 9.97. The SMILES string of the molecule is CC(C)CCOCCN1CC(C(C)C)NCC1C1CC1.